The lowest BCUT2D eigenvalue weighted by Gasteiger charge is -2.32. The van der Waals surface area contributed by atoms with Gasteiger partial charge in [0.2, 0.25) is 11.8 Å². The average molecular weight is 249 g/mol. The minimum atomic E-state index is -2.61. The number of amides is 1. The number of halogens is 2. The Morgan fingerprint density at radius 1 is 1.47 bits per heavy atom. The second-order valence-corrected chi connectivity index (χ2v) is 5.19. The van der Waals surface area contributed by atoms with Gasteiger partial charge < -0.3 is 10.4 Å². The second-order valence-electron chi connectivity index (χ2n) is 5.19. The average Bonchev–Trinajstić information content (AvgIpc) is 2.28. The molecule has 0 heterocycles. The smallest absolute Gasteiger partial charge is 0.248 e. The normalized spacial score (nSPS) is 24.1. The number of rotatable bonds is 4. The number of carbonyl (C=O) groups is 1. The summed E-state index contributed by atoms with van der Waals surface area (Å²) in [5.41, 5.74) is -0.642. The molecule has 0 aliphatic heterocycles. The van der Waals surface area contributed by atoms with E-state index < -0.39 is 11.5 Å². The molecule has 1 atom stereocenters. The molecule has 0 spiro atoms. The van der Waals surface area contributed by atoms with Crippen LogP contribution in [0.2, 0.25) is 0 Å². The quantitative estimate of drug-likeness (QED) is 0.801. The Morgan fingerprint density at radius 3 is 2.41 bits per heavy atom. The summed E-state index contributed by atoms with van der Waals surface area (Å²) in [6, 6.07) is 0. The first-order chi connectivity index (χ1) is 7.82. The highest BCUT2D eigenvalue weighted by atomic mass is 19.3. The Labute approximate surface area is 101 Å². The monoisotopic (exact) mass is 249 g/mol. The second kappa shape index (κ2) is 5.29. The summed E-state index contributed by atoms with van der Waals surface area (Å²) in [4.78, 5) is 11.9. The lowest BCUT2D eigenvalue weighted by Crippen LogP contribution is -2.51. The molecule has 1 aliphatic rings. The fourth-order valence-corrected chi connectivity index (χ4v) is 1.94. The van der Waals surface area contributed by atoms with Crippen LogP contribution < -0.4 is 5.32 Å². The van der Waals surface area contributed by atoms with Crippen LogP contribution in [0.4, 0.5) is 8.78 Å². The van der Waals surface area contributed by atoms with Gasteiger partial charge in [0.25, 0.3) is 0 Å². The van der Waals surface area contributed by atoms with E-state index in [0.717, 1.165) is 0 Å². The van der Waals surface area contributed by atoms with E-state index >= 15 is 0 Å². The molecule has 2 N–H and O–H groups in total. The highest BCUT2D eigenvalue weighted by Gasteiger charge is 2.38. The summed E-state index contributed by atoms with van der Waals surface area (Å²) < 4.78 is 25.9. The van der Waals surface area contributed by atoms with Crippen molar-refractivity contribution in [3.63, 3.8) is 0 Å². The molecule has 1 aliphatic carbocycles. The number of hydrogen-bond donors (Lipinski definition) is 2. The maximum Gasteiger partial charge on any atom is 0.248 e. The number of nitrogens with one attached hydrogen (secondary N) is 1. The van der Waals surface area contributed by atoms with Crippen molar-refractivity contribution in [2.75, 3.05) is 6.61 Å². The molecule has 1 fully saturated rings. The molecule has 1 rings (SSSR count). The Bertz CT molecular complexity index is 268. The minimum Gasteiger partial charge on any atom is -0.394 e. The Morgan fingerprint density at radius 2 is 2.00 bits per heavy atom. The molecule has 0 bridgehead atoms. The van der Waals surface area contributed by atoms with Crippen LogP contribution in [-0.4, -0.2) is 29.1 Å². The summed E-state index contributed by atoms with van der Waals surface area (Å²) in [6.45, 7) is 3.48. The van der Waals surface area contributed by atoms with E-state index in [0.29, 0.717) is 6.42 Å². The van der Waals surface area contributed by atoms with E-state index in [-0.39, 0.29) is 44.1 Å². The van der Waals surface area contributed by atoms with E-state index in [4.69, 9.17) is 0 Å². The molecule has 0 aromatic heterocycles. The van der Waals surface area contributed by atoms with Gasteiger partial charge in [-0.25, -0.2) is 8.78 Å². The van der Waals surface area contributed by atoms with Crippen LogP contribution in [0.15, 0.2) is 0 Å². The van der Waals surface area contributed by atoms with E-state index in [1.165, 1.54) is 0 Å². The molecule has 0 aromatic carbocycles. The molecule has 0 saturated heterocycles. The molecule has 1 amide bonds. The van der Waals surface area contributed by atoms with Crippen molar-refractivity contribution < 1.29 is 18.7 Å². The molecule has 5 heteroatoms. The number of alkyl halides is 2. The molecular formula is C12H21F2NO2. The van der Waals surface area contributed by atoms with Gasteiger partial charge in [-0.2, -0.15) is 0 Å². The number of carbonyl (C=O) groups excluding carboxylic acids is 1. The summed E-state index contributed by atoms with van der Waals surface area (Å²) >= 11 is 0. The van der Waals surface area contributed by atoms with Gasteiger partial charge in [0.1, 0.15) is 0 Å². The van der Waals surface area contributed by atoms with E-state index in [9.17, 15) is 18.7 Å². The topological polar surface area (TPSA) is 49.3 Å². The van der Waals surface area contributed by atoms with Crippen LogP contribution in [-0.2, 0) is 4.79 Å². The van der Waals surface area contributed by atoms with Gasteiger partial charge in [-0.15, -0.1) is 0 Å². The van der Waals surface area contributed by atoms with Crippen molar-refractivity contribution in [1.29, 1.82) is 0 Å². The Balaban J connectivity index is 2.50. The third-order valence-corrected chi connectivity index (χ3v) is 3.64. The van der Waals surface area contributed by atoms with Gasteiger partial charge in [-0.3, -0.25) is 4.79 Å². The zero-order valence-corrected chi connectivity index (χ0v) is 10.4. The highest BCUT2D eigenvalue weighted by molar-refractivity contribution is 5.79. The van der Waals surface area contributed by atoms with Gasteiger partial charge in [-0.1, -0.05) is 6.92 Å². The molecular weight excluding hydrogens is 228 g/mol. The van der Waals surface area contributed by atoms with Crippen molar-refractivity contribution in [2.45, 2.75) is 57.4 Å². The SMILES string of the molecule is CCC(C)(CO)NC(=O)C1CCC(F)(F)CC1. The first-order valence-corrected chi connectivity index (χ1v) is 6.12. The zero-order valence-electron chi connectivity index (χ0n) is 10.4. The van der Waals surface area contributed by atoms with Crippen molar-refractivity contribution in [3.05, 3.63) is 0 Å². The highest BCUT2D eigenvalue weighted by Crippen LogP contribution is 2.36. The van der Waals surface area contributed by atoms with Crippen LogP contribution in [0, 0.1) is 5.92 Å². The molecule has 100 valence electrons. The standard InChI is InChI=1S/C12H21F2NO2/c1-3-11(2,8-16)15-10(17)9-4-6-12(13,14)7-5-9/h9,16H,3-8H2,1-2H3,(H,15,17). The first-order valence-electron chi connectivity index (χ1n) is 6.12. The van der Waals surface area contributed by atoms with Crippen LogP contribution >= 0.6 is 0 Å². The van der Waals surface area contributed by atoms with Crippen molar-refractivity contribution in [2.24, 2.45) is 5.92 Å². The van der Waals surface area contributed by atoms with Gasteiger partial charge >= 0.3 is 0 Å². The molecule has 1 unspecified atom stereocenters. The van der Waals surface area contributed by atoms with Crippen LogP contribution in [0.25, 0.3) is 0 Å². The molecule has 3 nitrogen and oxygen atoms in total. The summed E-state index contributed by atoms with van der Waals surface area (Å²) in [6.07, 6.45) is 0.631. The fourth-order valence-electron chi connectivity index (χ4n) is 1.94. The van der Waals surface area contributed by atoms with E-state index in [1.54, 1.807) is 6.92 Å². The molecule has 0 radical (unpaired) electrons. The lowest BCUT2D eigenvalue weighted by molar-refractivity contribution is -0.131. The molecule has 17 heavy (non-hydrogen) atoms. The number of aliphatic hydroxyl groups excluding tert-OH is 1. The predicted octanol–water partition coefficient (Wildman–Crippen LogP) is 2.09. The minimum absolute atomic E-state index is 0.141. The van der Waals surface area contributed by atoms with Gasteiger partial charge in [0.15, 0.2) is 0 Å². The molecule has 1 saturated carbocycles. The van der Waals surface area contributed by atoms with Crippen molar-refractivity contribution >= 4 is 5.91 Å². The van der Waals surface area contributed by atoms with Gasteiger partial charge in [0.05, 0.1) is 12.1 Å². The number of hydrogen-bond acceptors (Lipinski definition) is 2. The molecule has 0 aromatic rings. The van der Waals surface area contributed by atoms with E-state index in [2.05, 4.69) is 5.32 Å². The predicted molar refractivity (Wildman–Crippen MR) is 60.8 cm³/mol. The van der Waals surface area contributed by atoms with Gasteiger partial charge in [-0.05, 0) is 26.2 Å². The first kappa shape index (κ1) is 14.4. The zero-order chi connectivity index (χ0) is 13.1. The van der Waals surface area contributed by atoms with Crippen LogP contribution in [0.5, 0.6) is 0 Å². The Kier molecular flexibility index (Phi) is 4.47. The fraction of sp³-hybridized carbons (Fsp3) is 0.917. The maximum absolute atomic E-state index is 12.9. The van der Waals surface area contributed by atoms with Gasteiger partial charge in [0, 0.05) is 18.8 Å². The van der Waals surface area contributed by atoms with Crippen LogP contribution in [0.1, 0.15) is 46.0 Å². The maximum atomic E-state index is 12.9. The summed E-state index contributed by atoms with van der Waals surface area (Å²) in [5.74, 6) is -3.16. The van der Waals surface area contributed by atoms with Crippen LogP contribution in [0.3, 0.4) is 0 Å². The Hall–Kier alpha value is -0.710. The van der Waals surface area contributed by atoms with Crippen molar-refractivity contribution in [3.8, 4) is 0 Å². The lowest BCUT2D eigenvalue weighted by atomic mass is 9.85. The third-order valence-electron chi connectivity index (χ3n) is 3.64. The van der Waals surface area contributed by atoms with E-state index in [1.807, 2.05) is 6.92 Å². The van der Waals surface area contributed by atoms with Crippen molar-refractivity contribution in [1.82, 2.24) is 5.32 Å². The summed E-state index contributed by atoms with van der Waals surface area (Å²) in [5, 5.41) is 11.9. The largest absolute Gasteiger partial charge is 0.394 e. The third kappa shape index (κ3) is 3.91. The number of aliphatic hydroxyl groups is 1. The summed E-state index contributed by atoms with van der Waals surface area (Å²) in [7, 11) is 0.